The molecule has 0 spiro atoms. The quantitative estimate of drug-likeness (QED) is 0.938. The number of hydrogen-bond acceptors (Lipinski definition) is 4. The smallest absolute Gasteiger partial charge is 0.259 e. The Hall–Kier alpha value is -2.11. The van der Waals surface area contributed by atoms with Crippen LogP contribution in [0.5, 0.6) is 0 Å². The van der Waals surface area contributed by atoms with E-state index in [1.165, 1.54) is 5.56 Å². The molecular formula is C19H25N3O2. The van der Waals surface area contributed by atoms with Crippen molar-refractivity contribution in [1.82, 2.24) is 9.80 Å². The number of amides is 1. The minimum atomic E-state index is -0.124. The number of benzene rings is 1. The van der Waals surface area contributed by atoms with E-state index >= 15 is 0 Å². The Morgan fingerprint density at radius 3 is 2.58 bits per heavy atom. The first-order valence-electron chi connectivity index (χ1n) is 8.39. The van der Waals surface area contributed by atoms with E-state index in [0.29, 0.717) is 11.3 Å². The summed E-state index contributed by atoms with van der Waals surface area (Å²) in [6, 6.07) is 9.86. The maximum atomic E-state index is 12.4. The fourth-order valence-corrected chi connectivity index (χ4v) is 3.07. The second kappa shape index (κ2) is 7.20. The average Bonchev–Trinajstić information content (AvgIpc) is 2.89. The Balaban J connectivity index is 1.64. The Morgan fingerprint density at radius 2 is 1.92 bits per heavy atom. The van der Waals surface area contributed by atoms with Crippen molar-refractivity contribution in [2.45, 2.75) is 20.4 Å². The standard InChI is InChI=1S/C19H25N3O2/c1-14-11-18(15(2)24-14)19(23)20-17-6-4-5-16(12-17)13-22-9-7-21(3)8-10-22/h4-6,11-12H,7-10,13H2,1-3H3,(H,20,23). The number of carbonyl (C=O) groups excluding carboxylic acids is 1. The number of furan rings is 1. The zero-order valence-corrected chi connectivity index (χ0v) is 14.6. The maximum Gasteiger partial charge on any atom is 0.259 e. The van der Waals surface area contributed by atoms with E-state index in [-0.39, 0.29) is 5.91 Å². The van der Waals surface area contributed by atoms with Gasteiger partial charge in [-0.2, -0.15) is 0 Å². The summed E-state index contributed by atoms with van der Waals surface area (Å²) in [4.78, 5) is 17.2. The fourth-order valence-electron chi connectivity index (χ4n) is 3.07. The largest absolute Gasteiger partial charge is 0.466 e. The third kappa shape index (κ3) is 4.04. The Bertz CT molecular complexity index is 715. The lowest BCUT2D eigenvalue weighted by Crippen LogP contribution is -2.43. The van der Waals surface area contributed by atoms with Crippen molar-refractivity contribution in [2.75, 3.05) is 38.5 Å². The molecule has 0 radical (unpaired) electrons. The summed E-state index contributed by atoms with van der Waals surface area (Å²) in [5.41, 5.74) is 2.64. The summed E-state index contributed by atoms with van der Waals surface area (Å²) in [6.07, 6.45) is 0. The summed E-state index contributed by atoms with van der Waals surface area (Å²) in [5, 5.41) is 2.97. The number of nitrogens with zero attached hydrogens (tertiary/aromatic N) is 2. The van der Waals surface area contributed by atoms with Crippen LogP contribution in [-0.2, 0) is 6.54 Å². The van der Waals surface area contributed by atoms with Gasteiger partial charge in [-0.25, -0.2) is 0 Å². The molecule has 24 heavy (non-hydrogen) atoms. The lowest BCUT2D eigenvalue weighted by atomic mass is 10.1. The molecule has 2 aromatic rings. The van der Waals surface area contributed by atoms with Crippen molar-refractivity contribution in [3.8, 4) is 0 Å². The highest BCUT2D eigenvalue weighted by Crippen LogP contribution is 2.18. The fraction of sp³-hybridized carbons (Fsp3) is 0.421. The van der Waals surface area contributed by atoms with Gasteiger partial charge in [-0.05, 0) is 44.7 Å². The van der Waals surface area contributed by atoms with Crippen LogP contribution in [0.1, 0.15) is 27.4 Å². The van der Waals surface area contributed by atoms with Crippen LogP contribution in [0.3, 0.4) is 0 Å². The van der Waals surface area contributed by atoms with E-state index in [9.17, 15) is 4.79 Å². The molecule has 1 saturated heterocycles. The molecule has 128 valence electrons. The Labute approximate surface area is 143 Å². The van der Waals surface area contributed by atoms with Crippen LogP contribution in [0.15, 0.2) is 34.7 Å². The predicted octanol–water partition coefficient (Wildman–Crippen LogP) is 2.90. The van der Waals surface area contributed by atoms with Crippen LogP contribution < -0.4 is 5.32 Å². The van der Waals surface area contributed by atoms with Gasteiger partial charge in [-0.15, -0.1) is 0 Å². The third-order valence-corrected chi connectivity index (χ3v) is 4.47. The van der Waals surface area contributed by atoms with E-state index in [4.69, 9.17) is 4.42 Å². The molecule has 0 bridgehead atoms. The summed E-state index contributed by atoms with van der Waals surface area (Å²) in [5.74, 6) is 1.28. The highest BCUT2D eigenvalue weighted by molar-refractivity contribution is 6.05. The van der Waals surface area contributed by atoms with E-state index in [0.717, 1.165) is 44.2 Å². The van der Waals surface area contributed by atoms with E-state index < -0.39 is 0 Å². The molecule has 1 aromatic carbocycles. The first-order chi connectivity index (χ1) is 11.5. The molecule has 0 saturated carbocycles. The van der Waals surface area contributed by atoms with Gasteiger partial charge in [0.2, 0.25) is 0 Å². The van der Waals surface area contributed by atoms with Crippen molar-refractivity contribution < 1.29 is 9.21 Å². The minimum absolute atomic E-state index is 0.124. The van der Waals surface area contributed by atoms with E-state index in [1.54, 1.807) is 6.07 Å². The molecule has 2 heterocycles. The van der Waals surface area contributed by atoms with Crippen LogP contribution in [0, 0.1) is 13.8 Å². The lowest BCUT2D eigenvalue weighted by molar-refractivity contribution is 0.102. The van der Waals surface area contributed by atoms with Gasteiger partial charge >= 0.3 is 0 Å². The third-order valence-electron chi connectivity index (χ3n) is 4.47. The molecule has 0 aliphatic carbocycles. The van der Waals surface area contributed by atoms with Gasteiger partial charge < -0.3 is 14.6 Å². The number of aryl methyl sites for hydroxylation is 2. The second-order valence-corrected chi connectivity index (χ2v) is 6.56. The lowest BCUT2D eigenvalue weighted by Gasteiger charge is -2.32. The van der Waals surface area contributed by atoms with Gasteiger partial charge in [0.05, 0.1) is 5.56 Å². The highest BCUT2D eigenvalue weighted by atomic mass is 16.3. The zero-order chi connectivity index (χ0) is 17.1. The average molecular weight is 327 g/mol. The number of anilines is 1. The summed E-state index contributed by atoms with van der Waals surface area (Å²) in [7, 11) is 2.16. The minimum Gasteiger partial charge on any atom is -0.466 e. The SMILES string of the molecule is Cc1cc(C(=O)Nc2cccc(CN3CCN(C)CC3)c2)c(C)o1. The van der Waals surface area contributed by atoms with Crippen molar-refractivity contribution >= 4 is 11.6 Å². The molecule has 1 amide bonds. The molecule has 1 N–H and O–H groups in total. The maximum absolute atomic E-state index is 12.4. The first-order valence-corrected chi connectivity index (χ1v) is 8.39. The molecule has 0 unspecified atom stereocenters. The highest BCUT2D eigenvalue weighted by Gasteiger charge is 2.15. The van der Waals surface area contributed by atoms with Gasteiger partial charge in [-0.3, -0.25) is 9.69 Å². The first kappa shape index (κ1) is 16.7. The number of piperazine rings is 1. The summed E-state index contributed by atoms with van der Waals surface area (Å²) < 4.78 is 5.43. The van der Waals surface area contributed by atoms with Crippen molar-refractivity contribution in [3.63, 3.8) is 0 Å². The van der Waals surface area contributed by atoms with Gasteiger partial charge in [-0.1, -0.05) is 12.1 Å². The number of carbonyl (C=O) groups is 1. The summed E-state index contributed by atoms with van der Waals surface area (Å²) in [6.45, 7) is 8.96. The van der Waals surface area contributed by atoms with Crippen LogP contribution in [0.2, 0.25) is 0 Å². The van der Waals surface area contributed by atoms with Gasteiger partial charge in [0.1, 0.15) is 11.5 Å². The monoisotopic (exact) mass is 327 g/mol. The second-order valence-electron chi connectivity index (χ2n) is 6.56. The van der Waals surface area contributed by atoms with Crippen molar-refractivity contribution in [1.29, 1.82) is 0 Å². The van der Waals surface area contributed by atoms with E-state index in [2.05, 4.69) is 34.3 Å². The Morgan fingerprint density at radius 1 is 1.17 bits per heavy atom. The molecule has 5 heteroatoms. The van der Waals surface area contributed by atoms with Crippen LogP contribution in [0.4, 0.5) is 5.69 Å². The number of rotatable bonds is 4. The molecule has 1 aliphatic heterocycles. The molecular weight excluding hydrogens is 302 g/mol. The zero-order valence-electron chi connectivity index (χ0n) is 14.6. The number of likely N-dealkylation sites (N-methyl/N-ethyl adjacent to an activating group) is 1. The topological polar surface area (TPSA) is 48.7 Å². The number of nitrogens with one attached hydrogen (secondary N) is 1. The molecule has 1 aliphatic rings. The molecule has 0 atom stereocenters. The normalized spacial score (nSPS) is 16.3. The molecule has 1 aromatic heterocycles. The van der Waals surface area contributed by atoms with Crippen LogP contribution in [0.25, 0.3) is 0 Å². The summed E-state index contributed by atoms with van der Waals surface area (Å²) >= 11 is 0. The molecule has 3 rings (SSSR count). The number of hydrogen-bond donors (Lipinski definition) is 1. The van der Waals surface area contributed by atoms with Gasteiger partial charge in [0.15, 0.2) is 0 Å². The molecule has 5 nitrogen and oxygen atoms in total. The van der Waals surface area contributed by atoms with Crippen molar-refractivity contribution in [2.24, 2.45) is 0 Å². The van der Waals surface area contributed by atoms with E-state index in [1.807, 2.05) is 26.0 Å². The predicted molar refractivity (Wildman–Crippen MR) is 95.4 cm³/mol. The van der Waals surface area contributed by atoms with Crippen LogP contribution in [-0.4, -0.2) is 48.9 Å². The van der Waals surface area contributed by atoms with Gasteiger partial charge in [0.25, 0.3) is 5.91 Å². The van der Waals surface area contributed by atoms with Crippen LogP contribution >= 0.6 is 0 Å². The van der Waals surface area contributed by atoms with Gasteiger partial charge in [0, 0.05) is 38.4 Å². The van der Waals surface area contributed by atoms with Crippen molar-refractivity contribution in [3.05, 3.63) is 53.0 Å². The molecule has 1 fully saturated rings. The Kier molecular flexibility index (Phi) is 5.02.